The number of fused-ring (bicyclic) bond motifs is 1. The lowest BCUT2D eigenvalue weighted by atomic mass is 10.3. The Kier molecular flexibility index (Phi) is 7.65. The van der Waals surface area contributed by atoms with Crippen molar-refractivity contribution in [3.05, 3.63) is 54.4 Å². The summed E-state index contributed by atoms with van der Waals surface area (Å²) in [5.74, 6) is -0.507. The molecule has 0 unspecified atom stereocenters. The van der Waals surface area contributed by atoms with Crippen LogP contribution in [0.1, 0.15) is 12.2 Å². The van der Waals surface area contributed by atoms with Crippen LogP contribution in [0.5, 0.6) is 0 Å². The Bertz CT molecular complexity index is 1340. The van der Waals surface area contributed by atoms with Gasteiger partial charge in [0.1, 0.15) is 12.4 Å². The van der Waals surface area contributed by atoms with E-state index in [9.17, 15) is 18.0 Å². The standard InChI is InChI=1S/C23H25N5O5S/c1-26(2)34(31,32)18-9-10-20-19(15-18)25-21(27(20)3)11-12-23(30)33-16-22(29)28(14-13-24)17-7-5-4-6-8-17/h4-10,15H,11-12,14,16H2,1-3H3. The molecule has 0 N–H and O–H groups in total. The molecule has 1 aromatic heterocycles. The van der Waals surface area contributed by atoms with Crippen molar-refractivity contribution in [3.63, 3.8) is 0 Å². The van der Waals surface area contributed by atoms with E-state index in [4.69, 9.17) is 10.00 Å². The highest BCUT2D eigenvalue weighted by molar-refractivity contribution is 7.89. The number of nitrogens with zero attached hydrogens (tertiary/aromatic N) is 5. The molecule has 1 heterocycles. The molecule has 34 heavy (non-hydrogen) atoms. The van der Waals surface area contributed by atoms with Gasteiger partial charge in [-0.2, -0.15) is 5.26 Å². The second-order valence-electron chi connectivity index (χ2n) is 7.66. The minimum atomic E-state index is -3.59. The van der Waals surface area contributed by atoms with Gasteiger partial charge in [0.05, 0.1) is 28.4 Å². The zero-order chi connectivity index (χ0) is 24.9. The van der Waals surface area contributed by atoms with Crippen molar-refractivity contribution in [2.75, 3.05) is 32.1 Å². The number of carbonyl (C=O) groups excluding carboxylic acids is 2. The number of amides is 1. The minimum Gasteiger partial charge on any atom is -0.456 e. The van der Waals surface area contributed by atoms with E-state index < -0.39 is 28.5 Å². The number of imidazole rings is 1. The van der Waals surface area contributed by atoms with Crippen LogP contribution in [0.4, 0.5) is 5.69 Å². The number of aryl methyl sites for hydroxylation is 2. The fourth-order valence-corrected chi connectivity index (χ4v) is 4.25. The average molecular weight is 484 g/mol. The Morgan fingerprint density at radius 2 is 1.85 bits per heavy atom. The normalized spacial score (nSPS) is 11.4. The molecule has 0 saturated carbocycles. The number of ether oxygens (including phenoxy) is 1. The van der Waals surface area contributed by atoms with Crippen molar-refractivity contribution in [2.45, 2.75) is 17.7 Å². The van der Waals surface area contributed by atoms with E-state index in [0.717, 1.165) is 9.82 Å². The number of esters is 1. The molecule has 178 valence electrons. The molecule has 3 aromatic rings. The first-order valence-electron chi connectivity index (χ1n) is 10.4. The SMILES string of the molecule is CN(C)S(=O)(=O)c1ccc2c(c1)nc(CCC(=O)OCC(=O)N(CC#N)c1ccccc1)n2C. The lowest BCUT2D eigenvalue weighted by Gasteiger charge is -2.19. The Balaban J connectivity index is 1.63. The third-order valence-corrected chi connectivity index (χ3v) is 7.04. The molecule has 3 rings (SSSR count). The highest BCUT2D eigenvalue weighted by atomic mass is 32.2. The van der Waals surface area contributed by atoms with E-state index >= 15 is 0 Å². The predicted octanol–water partition coefficient (Wildman–Crippen LogP) is 1.86. The van der Waals surface area contributed by atoms with Crippen molar-refractivity contribution in [1.29, 1.82) is 5.26 Å². The lowest BCUT2D eigenvalue weighted by molar-refractivity contribution is -0.147. The maximum atomic E-state index is 12.5. The van der Waals surface area contributed by atoms with Crippen LogP contribution in [-0.2, 0) is 37.8 Å². The summed E-state index contributed by atoms with van der Waals surface area (Å²) in [5.41, 5.74) is 1.77. The number of hydrogen-bond donors (Lipinski definition) is 0. The number of rotatable bonds is 9. The van der Waals surface area contributed by atoms with Crippen molar-refractivity contribution < 1.29 is 22.7 Å². The molecule has 0 radical (unpaired) electrons. The van der Waals surface area contributed by atoms with Gasteiger partial charge in [0.25, 0.3) is 5.91 Å². The molecule has 0 bridgehead atoms. The van der Waals surface area contributed by atoms with Crippen LogP contribution in [0.3, 0.4) is 0 Å². The number of para-hydroxylation sites is 1. The number of aromatic nitrogens is 2. The van der Waals surface area contributed by atoms with Gasteiger partial charge in [0.2, 0.25) is 10.0 Å². The number of hydrogen-bond acceptors (Lipinski definition) is 7. The van der Waals surface area contributed by atoms with Crippen molar-refractivity contribution in [2.24, 2.45) is 7.05 Å². The van der Waals surface area contributed by atoms with Gasteiger partial charge >= 0.3 is 5.97 Å². The van der Waals surface area contributed by atoms with Gasteiger partial charge in [-0.3, -0.25) is 14.5 Å². The first-order valence-corrected chi connectivity index (χ1v) is 11.8. The van der Waals surface area contributed by atoms with Crippen LogP contribution < -0.4 is 4.90 Å². The molecule has 10 nitrogen and oxygen atoms in total. The molecular formula is C23H25N5O5S. The smallest absolute Gasteiger partial charge is 0.306 e. The summed E-state index contributed by atoms with van der Waals surface area (Å²) in [6.07, 6.45) is 0.228. The quantitative estimate of drug-likeness (QED) is 0.336. The van der Waals surface area contributed by atoms with Crippen molar-refractivity contribution in [3.8, 4) is 6.07 Å². The van der Waals surface area contributed by atoms with E-state index in [1.807, 2.05) is 6.07 Å². The van der Waals surface area contributed by atoms with Crippen LogP contribution in [-0.4, -0.2) is 61.4 Å². The summed E-state index contributed by atoms with van der Waals surface area (Å²) in [4.78, 5) is 30.6. The van der Waals surface area contributed by atoms with Gasteiger partial charge in [-0.05, 0) is 30.3 Å². The zero-order valence-electron chi connectivity index (χ0n) is 19.1. The van der Waals surface area contributed by atoms with Crippen LogP contribution in [0.2, 0.25) is 0 Å². The van der Waals surface area contributed by atoms with E-state index in [1.54, 1.807) is 48.0 Å². The molecule has 0 saturated heterocycles. The molecule has 0 aliphatic carbocycles. The Morgan fingerprint density at radius 3 is 2.50 bits per heavy atom. The van der Waals surface area contributed by atoms with Crippen LogP contribution in [0, 0.1) is 11.3 Å². The fourth-order valence-electron chi connectivity index (χ4n) is 3.33. The number of nitriles is 1. The number of anilines is 1. The minimum absolute atomic E-state index is 0.0170. The summed E-state index contributed by atoms with van der Waals surface area (Å²) in [6, 6.07) is 15.3. The van der Waals surface area contributed by atoms with Gasteiger partial charge in [-0.25, -0.2) is 17.7 Å². The van der Waals surface area contributed by atoms with Crippen molar-refractivity contribution in [1.82, 2.24) is 13.9 Å². The van der Waals surface area contributed by atoms with E-state index in [0.29, 0.717) is 17.0 Å². The van der Waals surface area contributed by atoms with Gasteiger partial charge in [-0.1, -0.05) is 18.2 Å². The van der Waals surface area contributed by atoms with E-state index in [-0.39, 0.29) is 24.3 Å². The second-order valence-corrected chi connectivity index (χ2v) is 9.81. The van der Waals surface area contributed by atoms with E-state index in [1.165, 1.54) is 31.1 Å². The summed E-state index contributed by atoms with van der Waals surface area (Å²) < 4.78 is 32.8. The predicted molar refractivity (Wildman–Crippen MR) is 125 cm³/mol. The molecule has 0 aliphatic heterocycles. The zero-order valence-corrected chi connectivity index (χ0v) is 19.9. The average Bonchev–Trinajstić information content (AvgIpc) is 3.14. The Morgan fingerprint density at radius 1 is 1.15 bits per heavy atom. The third kappa shape index (κ3) is 5.41. The molecule has 0 aliphatic rings. The summed E-state index contributed by atoms with van der Waals surface area (Å²) in [6.45, 7) is -0.643. The molecule has 2 aromatic carbocycles. The van der Waals surface area contributed by atoms with Gasteiger partial charge < -0.3 is 9.30 Å². The highest BCUT2D eigenvalue weighted by Crippen LogP contribution is 2.22. The monoisotopic (exact) mass is 483 g/mol. The highest BCUT2D eigenvalue weighted by Gasteiger charge is 2.20. The summed E-state index contributed by atoms with van der Waals surface area (Å²) >= 11 is 0. The number of sulfonamides is 1. The molecule has 1 amide bonds. The maximum absolute atomic E-state index is 12.5. The van der Waals surface area contributed by atoms with Crippen LogP contribution in [0.15, 0.2) is 53.4 Å². The van der Waals surface area contributed by atoms with Gasteiger partial charge in [0, 0.05) is 33.3 Å². The molecular weight excluding hydrogens is 458 g/mol. The first-order chi connectivity index (χ1) is 16.1. The Hall–Kier alpha value is -3.75. The number of carbonyl (C=O) groups is 2. The summed E-state index contributed by atoms with van der Waals surface area (Å²) in [5, 5.41) is 9.01. The third-order valence-electron chi connectivity index (χ3n) is 5.23. The lowest BCUT2D eigenvalue weighted by Crippen LogP contribution is -2.35. The topological polar surface area (TPSA) is 126 Å². The fraction of sp³-hybridized carbons (Fsp3) is 0.304. The number of benzene rings is 2. The van der Waals surface area contributed by atoms with E-state index in [2.05, 4.69) is 4.98 Å². The molecule has 0 atom stereocenters. The van der Waals surface area contributed by atoms with Crippen LogP contribution in [0.25, 0.3) is 11.0 Å². The second kappa shape index (κ2) is 10.5. The molecule has 0 spiro atoms. The Labute approximate surface area is 198 Å². The van der Waals surface area contributed by atoms with Gasteiger partial charge in [-0.15, -0.1) is 0 Å². The largest absolute Gasteiger partial charge is 0.456 e. The summed E-state index contributed by atoms with van der Waals surface area (Å²) in [7, 11) is 1.10. The maximum Gasteiger partial charge on any atom is 0.306 e. The van der Waals surface area contributed by atoms with Gasteiger partial charge in [0.15, 0.2) is 6.61 Å². The van der Waals surface area contributed by atoms with Crippen molar-refractivity contribution >= 4 is 38.6 Å². The molecule has 0 fully saturated rings. The molecule has 11 heteroatoms. The first kappa shape index (κ1) is 24.9. The van der Waals surface area contributed by atoms with Crippen LogP contribution >= 0.6 is 0 Å².